The number of amides is 3. The van der Waals surface area contributed by atoms with Crippen LogP contribution in [-0.2, 0) is 4.79 Å². The lowest BCUT2D eigenvalue weighted by Crippen LogP contribution is -2.29. The molecule has 2 aromatic carbocycles. The van der Waals surface area contributed by atoms with Crippen LogP contribution in [-0.4, -0.2) is 17.7 Å². The van der Waals surface area contributed by atoms with E-state index < -0.39 is 0 Å². The van der Waals surface area contributed by atoms with E-state index in [9.17, 15) is 14.4 Å². The van der Waals surface area contributed by atoms with Crippen molar-refractivity contribution in [2.24, 2.45) is 5.92 Å². The number of nitrogens with one attached hydrogen (secondary N) is 1. The molecule has 3 rings (SSSR count). The fourth-order valence-electron chi connectivity index (χ4n) is 2.63. The number of hydrogen-bond donors (Lipinski definition) is 1. The van der Waals surface area contributed by atoms with Gasteiger partial charge in [-0.25, -0.2) is 4.90 Å². The molecular weight excluding hydrogens is 304 g/mol. The van der Waals surface area contributed by atoms with Gasteiger partial charge in [-0.15, -0.1) is 0 Å². The zero-order chi connectivity index (χ0) is 17.4. The van der Waals surface area contributed by atoms with Crippen molar-refractivity contribution < 1.29 is 14.4 Å². The normalized spacial score (nSPS) is 13.4. The van der Waals surface area contributed by atoms with Gasteiger partial charge in [0.15, 0.2) is 0 Å². The topological polar surface area (TPSA) is 66.5 Å². The van der Waals surface area contributed by atoms with Crippen molar-refractivity contribution in [2.75, 3.05) is 10.2 Å². The Bertz CT molecular complexity index is 820. The van der Waals surface area contributed by atoms with Crippen molar-refractivity contribution in [1.82, 2.24) is 0 Å². The predicted molar refractivity (Wildman–Crippen MR) is 92.2 cm³/mol. The lowest BCUT2D eigenvalue weighted by Gasteiger charge is -2.17. The third-order valence-electron chi connectivity index (χ3n) is 4.04. The minimum atomic E-state index is -0.325. The van der Waals surface area contributed by atoms with Gasteiger partial charge in [-0.3, -0.25) is 14.4 Å². The monoisotopic (exact) mass is 322 g/mol. The number of anilines is 2. The average molecular weight is 322 g/mol. The number of fused-ring (bicyclic) bond motifs is 1. The molecule has 0 bridgehead atoms. The number of imide groups is 1. The van der Waals surface area contributed by atoms with E-state index in [2.05, 4.69) is 5.32 Å². The minimum absolute atomic E-state index is 0.0772. The van der Waals surface area contributed by atoms with Gasteiger partial charge in [-0.1, -0.05) is 26.0 Å². The van der Waals surface area contributed by atoms with E-state index >= 15 is 0 Å². The molecule has 5 heteroatoms. The standard InChI is InChI=1S/C19H18N2O3/c1-11(2)17(22)20-16-9-8-13(10-12(16)3)21-18(23)14-6-4-5-7-15(14)19(21)24/h4-11H,1-3H3,(H,20,22). The van der Waals surface area contributed by atoms with E-state index in [0.717, 1.165) is 5.56 Å². The molecule has 0 radical (unpaired) electrons. The molecule has 1 aliphatic rings. The number of benzene rings is 2. The summed E-state index contributed by atoms with van der Waals surface area (Å²) in [4.78, 5) is 38.0. The smallest absolute Gasteiger partial charge is 0.266 e. The van der Waals surface area contributed by atoms with Gasteiger partial charge in [-0.05, 0) is 42.8 Å². The Balaban J connectivity index is 1.92. The summed E-state index contributed by atoms with van der Waals surface area (Å²) in [5.74, 6) is -0.852. The quantitative estimate of drug-likeness (QED) is 0.881. The van der Waals surface area contributed by atoms with Crippen molar-refractivity contribution in [1.29, 1.82) is 0 Å². The van der Waals surface area contributed by atoms with Crippen LogP contribution in [0.25, 0.3) is 0 Å². The van der Waals surface area contributed by atoms with Crippen LogP contribution in [0.15, 0.2) is 42.5 Å². The highest BCUT2D eigenvalue weighted by Crippen LogP contribution is 2.30. The minimum Gasteiger partial charge on any atom is -0.326 e. The van der Waals surface area contributed by atoms with Crippen LogP contribution in [0.4, 0.5) is 11.4 Å². The van der Waals surface area contributed by atoms with Crippen molar-refractivity contribution in [2.45, 2.75) is 20.8 Å². The van der Waals surface area contributed by atoms with Gasteiger partial charge in [-0.2, -0.15) is 0 Å². The fraction of sp³-hybridized carbons (Fsp3) is 0.211. The number of aryl methyl sites for hydroxylation is 1. The highest BCUT2D eigenvalue weighted by molar-refractivity contribution is 6.34. The van der Waals surface area contributed by atoms with Crippen LogP contribution in [0, 0.1) is 12.8 Å². The molecule has 5 nitrogen and oxygen atoms in total. The summed E-state index contributed by atoms with van der Waals surface area (Å²) in [6.45, 7) is 5.47. The molecule has 0 aromatic heterocycles. The van der Waals surface area contributed by atoms with Gasteiger partial charge in [0.1, 0.15) is 0 Å². The number of nitrogens with zero attached hydrogens (tertiary/aromatic N) is 1. The van der Waals surface area contributed by atoms with E-state index in [1.807, 2.05) is 20.8 Å². The second kappa shape index (κ2) is 5.92. The van der Waals surface area contributed by atoms with Gasteiger partial charge in [0.2, 0.25) is 5.91 Å². The molecule has 1 heterocycles. The molecule has 122 valence electrons. The Kier molecular flexibility index (Phi) is 3.93. The average Bonchev–Trinajstić information content (AvgIpc) is 2.81. The van der Waals surface area contributed by atoms with Crippen LogP contribution in [0.1, 0.15) is 40.1 Å². The summed E-state index contributed by atoms with van der Waals surface area (Å²) in [5.41, 5.74) is 2.79. The van der Waals surface area contributed by atoms with Gasteiger partial charge in [0, 0.05) is 11.6 Å². The maximum atomic E-state index is 12.5. The van der Waals surface area contributed by atoms with E-state index in [1.54, 1.807) is 42.5 Å². The maximum Gasteiger partial charge on any atom is 0.266 e. The van der Waals surface area contributed by atoms with Gasteiger partial charge < -0.3 is 5.32 Å². The first kappa shape index (κ1) is 15.9. The predicted octanol–water partition coefficient (Wildman–Crippen LogP) is 3.39. The fourth-order valence-corrected chi connectivity index (χ4v) is 2.63. The van der Waals surface area contributed by atoms with Crippen molar-refractivity contribution >= 4 is 29.1 Å². The van der Waals surface area contributed by atoms with Crippen LogP contribution in [0.2, 0.25) is 0 Å². The first-order chi connectivity index (χ1) is 11.4. The third kappa shape index (κ3) is 2.58. The van der Waals surface area contributed by atoms with Crippen molar-refractivity contribution in [3.05, 3.63) is 59.2 Å². The summed E-state index contributed by atoms with van der Waals surface area (Å²) in [7, 11) is 0. The molecule has 0 fully saturated rings. The molecule has 0 saturated heterocycles. The summed E-state index contributed by atoms with van der Waals surface area (Å²) in [5, 5.41) is 2.84. The lowest BCUT2D eigenvalue weighted by molar-refractivity contribution is -0.118. The summed E-state index contributed by atoms with van der Waals surface area (Å²) < 4.78 is 0. The molecule has 0 unspecified atom stereocenters. The van der Waals surface area contributed by atoms with Gasteiger partial charge in [0.25, 0.3) is 11.8 Å². The number of rotatable bonds is 3. The molecule has 0 aliphatic carbocycles. The second-order valence-electron chi connectivity index (χ2n) is 6.13. The van der Waals surface area contributed by atoms with Crippen LogP contribution < -0.4 is 10.2 Å². The molecule has 1 aliphatic heterocycles. The van der Waals surface area contributed by atoms with Gasteiger partial charge >= 0.3 is 0 Å². The Morgan fingerprint density at radius 2 is 1.58 bits per heavy atom. The Hall–Kier alpha value is -2.95. The summed E-state index contributed by atoms with van der Waals surface area (Å²) in [6, 6.07) is 11.9. The highest BCUT2D eigenvalue weighted by Gasteiger charge is 2.36. The van der Waals surface area contributed by atoms with Crippen molar-refractivity contribution in [3.8, 4) is 0 Å². The SMILES string of the molecule is Cc1cc(N2C(=O)c3ccccc3C2=O)ccc1NC(=O)C(C)C. The number of carbonyl (C=O) groups excluding carboxylic acids is 3. The molecule has 1 N–H and O–H groups in total. The maximum absolute atomic E-state index is 12.5. The van der Waals surface area contributed by atoms with Crippen LogP contribution in [0.5, 0.6) is 0 Å². The van der Waals surface area contributed by atoms with Gasteiger partial charge in [0.05, 0.1) is 16.8 Å². The molecule has 0 atom stereocenters. The lowest BCUT2D eigenvalue weighted by atomic mass is 10.1. The Labute approximate surface area is 140 Å². The van der Waals surface area contributed by atoms with Crippen LogP contribution in [0.3, 0.4) is 0 Å². The summed E-state index contributed by atoms with van der Waals surface area (Å²) in [6.07, 6.45) is 0. The molecule has 2 aromatic rings. The third-order valence-corrected chi connectivity index (χ3v) is 4.04. The summed E-state index contributed by atoms with van der Waals surface area (Å²) >= 11 is 0. The van der Waals surface area contributed by atoms with Crippen molar-refractivity contribution in [3.63, 3.8) is 0 Å². The van der Waals surface area contributed by atoms with E-state index in [4.69, 9.17) is 0 Å². The van der Waals surface area contributed by atoms with E-state index in [0.29, 0.717) is 22.5 Å². The first-order valence-electron chi connectivity index (χ1n) is 7.79. The first-order valence-corrected chi connectivity index (χ1v) is 7.79. The Morgan fingerprint density at radius 3 is 2.08 bits per heavy atom. The zero-order valence-corrected chi connectivity index (χ0v) is 13.8. The number of hydrogen-bond acceptors (Lipinski definition) is 3. The van der Waals surface area contributed by atoms with Crippen LogP contribution >= 0.6 is 0 Å². The number of carbonyl (C=O) groups is 3. The highest BCUT2D eigenvalue weighted by atomic mass is 16.2. The van der Waals surface area contributed by atoms with E-state index in [1.165, 1.54) is 4.90 Å². The molecular formula is C19H18N2O3. The molecule has 0 spiro atoms. The zero-order valence-electron chi connectivity index (χ0n) is 13.8. The molecule has 3 amide bonds. The van der Waals surface area contributed by atoms with E-state index in [-0.39, 0.29) is 23.6 Å². The second-order valence-corrected chi connectivity index (χ2v) is 6.13. The Morgan fingerprint density at radius 1 is 1.00 bits per heavy atom. The largest absolute Gasteiger partial charge is 0.326 e. The molecule has 0 saturated carbocycles. The molecule has 24 heavy (non-hydrogen) atoms.